The van der Waals surface area contributed by atoms with Crippen LogP contribution >= 0.6 is 46.4 Å². The molecule has 0 aromatic heterocycles. The second-order valence-corrected chi connectivity index (χ2v) is 7.50. The van der Waals surface area contributed by atoms with Crippen LogP contribution in [0.1, 0.15) is 26.3 Å². The normalized spacial score (nSPS) is 11.6. The molecule has 0 spiro atoms. The van der Waals surface area contributed by atoms with Crippen LogP contribution in [-0.2, 0) is 11.3 Å². The maximum atomic E-state index is 12.6. The first-order chi connectivity index (χ1) is 12.7. The fourth-order valence-electron chi connectivity index (χ4n) is 2.01. The van der Waals surface area contributed by atoms with E-state index in [2.05, 4.69) is 10.0 Å². The molecule has 144 valence electrons. The molecule has 0 bridgehead atoms. The van der Waals surface area contributed by atoms with E-state index in [0.29, 0.717) is 0 Å². The number of nitrogens with one attached hydrogen (secondary N) is 2. The Morgan fingerprint density at radius 1 is 0.889 bits per heavy atom. The Kier molecular flexibility index (Phi) is 7.36. The number of carbonyl (C=O) groups excluding carboxylic acids is 2. The van der Waals surface area contributed by atoms with Crippen molar-refractivity contribution in [2.75, 3.05) is 7.05 Å². The van der Waals surface area contributed by atoms with Crippen LogP contribution in [0.15, 0.2) is 24.3 Å². The monoisotopic (exact) mass is 468 g/mol. The minimum atomic E-state index is -2.27. The van der Waals surface area contributed by atoms with Gasteiger partial charge in [0.2, 0.25) is 0 Å². The molecular formula is C16H12Cl4N2O4S. The minimum absolute atomic E-state index is 0.185. The van der Waals surface area contributed by atoms with Crippen molar-refractivity contribution in [1.29, 1.82) is 0 Å². The van der Waals surface area contributed by atoms with E-state index in [4.69, 9.17) is 50.6 Å². The van der Waals surface area contributed by atoms with Crippen LogP contribution in [0.5, 0.6) is 5.75 Å². The van der Waals surface area contributed by atoms with E-state index in [0.717, 1.165) is 5.56 Å². The summed E-state index contributed by atoms with van der Waals surface area (Å²) in [6, 6.07) is 6.65. The first kappa shape index (κ1) is 21.8. The zero-order valence-corrected chi connectivity index (χ0v) is 17.7. The lowest BCUT2D eigenvalue weighted by molar-refractivity contribution is 0.0937. The van der Waals surface area contributed by atoms with E-state index in [1.165, 1.54) is 7.05 Å². The van der Waals surface area contributed by atoms with Gasteiger partial charge in [0.05, 0.1) is 31.2 Å². The third kappa shape index (κ3) is 4.86. The summed E-state index contributed by atoms with van der Waals surface area (Å²) in [6.07, 6.45) is 0. The third-order valence-electron chi connectivity index (χ3n) is 3.32. The Balaban J connectivity index is 2.36. The lowest BCUT2D eigenvalue weighted by Gasteiger charge is -2.15. The molecule has 0 aliphatic rings. The van der Waals surface area contributed by atoms with Crippen molar-refractivity contribution < 1.29 is 18.0 Å². The van der Waals surface area contributed by atoms with Crippen LogP contribution in [0, 0.1) is 6.92 Å². The van der Waals surface area contributed by atoms with Gasteiger partial charge in [-0.25, -0.2) is 4.72 Å². The number of hydrogen-bond acceptors (Lipinski definition) is 4. The van der Waals surface area contributed by atoms with Gasteiger partial charge in [-0.1, -0.05) is 64.1 Å². The molecule has 0 fully saturated rings. The first-order valence-electron chi connectivity index (χ1n) is 7.23. The van der Waals surface area contributed by atoms with Crippen molar-refractivity contribution in [3.8, 4) is 5.75 Å². The molecule has 0 saturated carbocycles. The second kappa shape index (κ2) is 9.12. The molecule has 2 N–H and O–H groups in total. The highest BCUT2D eigenvalue weighted by molar-refractivity contribution is 7.79. The molecule has 0 heterocycles. The molecule has 0 aliphatic carbocycles. The summed E-state index contributed by atoms with van der Waals surface area (Å²) in [5.41, 5.74) is 0.296. The highest BCUT2D eigenvalue weighted by Gasteiger charge is 2.29. The van der Waals surface area contributed by atoms with E-state index < -0.39 is 23.1 Å². The number of amides is 2. The van der Waals surface area contributed by atoms with Gasteiger partial charge in [0, 0.05) is 7.05 Å². The largest absolute Gasteiger partial charge is 0.385 e. The van der Waals surface area contributed by atoms with Gasteiger partial charge >= 0.3 is 11.3 Å². The fraction of sp³-hybridized carbons (Fsp3) is 0.125. The summed E-state index contributed by atoms with van der Waals surface area (Å²) in [5.74, 6) is -1.44. The quantitative estimate of drug-likeness (QED) is 0.503. The summed E-state index contributed by atoms with van der Waals surface area (Å²) in [4.78, 5) is 24.7. The highest BCUT2D eigenvalue weighted by atomic mass is 35.5. The molecule has 0 saturated heterocycles. The maximum absolute atomic E-state index is 12.6. The average molecular weight is 470 g/mol. The molecule has 1 unspecified atom stereocenters. The highest BCUT2D eigenvalue weighted by Crippen LogP contribution is 2.41. The van der Waals surface area contributed by atoms with Crippen molar-refractivity contribution in [2.45, 2.75) is 6.92 Å². The van der Waals surface area contributed by atoms with Crippen LogP contribution < -0.4 is 14.2 Å². The SMILES string of the molecule is CNC(=O)c1c(Cl)c(Cl)c(Cl)c(Cl)c1C(=O)NS(=O)Oc1ccc(C)cc1. The molecule has 0 aliphatic heterocycles. The Morgan fingerprint density at radius 2 is 1.37 bits per heavy atom. The predicted octanol–water partition coefficient (Wildman–Crippen LogP) is 4.36. The van der Waals surface area contributed by atoms with Gasteiger partial charge in [0.15, 0.2) is 0 Å². The molecule has 0 radical (unpaired) electrons. The lowest BCUT2D eigenvalue weighted by atomic mass is 10.1. The van der Waals surface area contributed by atoms with E-state index in [9.17, 15) is 13.8 Å². The van der Waals surface area contributed by atoms with E-state index in [1.54, 1.807) is 24.3 Å². The van der Waals surface area contributed by atoms with Crippen LogP contribution in [0.3, 0.4) is 0 Å². The van der Waals surface area contributed by atoms with Gasteiger partial charge in [0.1, 0.15) is 5.75 Å². The van der Waals surface area contributed by atoms with Crippen molar-refractivity contribution in [3.05, 3.63) is 61.0 Å². The molecule has 27 heavy (non-hydrogen) atoms. The summed E-state index contributed by atoms with van der Waals surface area (Å²) in [5, 5.41) is 1.34. The van der Waals surface area contributed by atoms with Crippen LogP contribution in [0.25, 0.3) is 0 Å². The Labute approximate surface area is 177 Å². The third-order valence-corrected chi connectivity index (χ3v) is 5.82. The molecule has 6 nitrogen and oxygen atoms in total. The second-order valence-electron chi connectivity index (χ2n) is 5.15. The molecule has 1 atom stereocenters. The van der Waals surface area contributed by atoms with E-state index in [-0.39, 0.29) is 37.0 Å². The predicted molar refractivity (Wildman–Crippen MR) is 107 cm³/mol. The smallest absolute Gasteiger partial charge is 0.318 e. The van der Waals surface area contributed by atoms with Gasteiger partial charge in [0.25, 0.3) is 11.8 Å². The van der Waals surface area contributed by atoms with Gasteiger partial charge in [-0.15, -0.1) is 0 Å². The summed E-state index contributed by atoms with van der Waals surface area (Å²) < 4.78 is 19.3. The topological polar surface area (TPSA) is 84.5 Å². The zero-order valence-electron chi connectivity index (χ0n) is 13.9. The number of rotatable bonds is 5. The molecule has 11 heteroatoms. The molecule has 2 aromatic carbocycles. The number of benzene rings is 2. The van der Waals surface area contributed by atoms with Gasteiger partial charge in [-0.2, -0.15) is 4.21 Å². The number of halogens is 4. The van der Waals surface area contributed by atoms with Crippen LogP contribution in [0.2, 0.25) is 20.1 Å². The minimum Gasteiger partial charge on any atom is -0.385 e. The lowest BCUT2D eigenvalue weighted by Crippen LogP contribution is -2.32. The number of aryl methyl sites for hydroxylation is 1. The Morgan fingerprint density at radius 3 is 1.85 bits per heavy atom. The van der Waals surface area contributed by atoms with Crippen LogP contribution in [-0.4, -0.2) is 23.1 Å². The van der Waals surface area contributed by atoms with Crippen molar-refractivity contribution in [1.82, 2.24) is 10.0 Å². The zero-order chi connectivity index (χ0) is 20.3. The van der Waals surface area contributed by atoms with Crippen LogP contribution in [0.4, 0.5) is 0 Å². The van der Waals surface area contributed by atoms with Crippen molar-refractivity contribution in [3.63, 3.8) is 0 Å². The molecular weight excluding hydrogens is 458 g/mol. The fourth-order valence-corrected chi connectivity index (χ4v) is 3.62. The molecule has 2 rings (SSSR count). The van der Waals surface area contributed by atoms with Crippen molar-refractivity contribution in [2.24, 2.45) is 0 Å². The van der Waals surface area contributed by atoms with Gasteiger partial charge in [-0.3, -0.25) is 9.59 Å². The summed E-state index contributed by atoms with van der Waals surface area (Å²) >= 11 is 21.8. The first-order valence-corrected chi connectivity index (χ1v) is 9.81. The Bertz CT molecular complexity index is 935. The standard InChI is InChI=1S/C16H12Cl4N2O4S/c1-7-3-5-8(6-4-7)26-27(25)22-16(24)10-9(15(23)21-2)11(17)13(19)14(20)12(10)18/h3-6H,1-2H3,(H,21,23)(H,22,24). The van der Waals surface area contributed by atoms with Gasteiger partial charge < -0.3 is 9.50 Å². The summed E-state index contributed by atoms with van der Waals surface area (Å²) in [6.45, 7) is 1.87. The van der Waals surface area contributed by atoms with E-state index >= 15 is 0 Å². The summed E-state index contributed by atoms with van der Waals surface area (Å²) in [7, 11) is 1.33. The van der Waals surface area contributed by atoms with Gasteiger partial charge in [-0.05, 0) is 19.1 Å². The number of carbonyl (C=O) groups is 2. The average Bonchev–Trinajstić information content (AvgIpc) is 2.63. The molecule has 2 amide bonds. The Hall–Kier alpha value is -1.51. The van der Waals surface area contributed by atoms with E-state index in [1.807, 2.05) is 6.92 Å². The van der Waals surface area contributed by atoms with Crippen molar-refractivity contribution >= 4 is 69.5 Å². The number of hydrogen-bond donors (Lipinski definition) is 2. The maximum Gasteiger partial charge on any atom is 0.318 e. The molecule has 2 aromatic rings.